The van der Waals surface area contributed by atoms with E-state index >= 15 is 0 Å². The lowest BCUT2D eigenvalue weighted by molar-refractivity contribution is -0.152. The summed E-state index contributed by atoms with van der Waals surface area (Å²) in [5.74, 6) is -1.77. The predicted molar refractivity (Wildman–Crippen MR) is 126 cm³/mol. The Bertz CT molecular complexity index is 1050. The number of ether oxygens (including phenoxy) is 2. The second kappa shape index (κ2) is 11.0. The summed E-state index contributed by atoms with van der Waals surface area (Å²) in [6.45, 7) is 7.64. The van der Waals surface area contributed by atoms with Crippen molar-refractivity contribution in [3.05, 3.63) is 52.8 Å². The molecule has 9 nitrogen and oxygen atoms in total. The van der Waals surface area contributed by atoms with E-state index in [9.17, 15) is 19.2 Å². The van der Waals surface area contributed by atoms with Crippen molar-refractivity contribution in [3.8, 4) is 0 Å². The number of urea groups is 1. The molecule has 3 rings (SSSR count). The molecule has 0 bridgehead atoms. The van der Waals surface area contributed by atoms with Gasteiger partial charge in [0.05, 0.1) is 23.8 Å². The number of aromatic nitrogens is 1. The first-order valence-electron chi connectivity index (χ1n) is 11.4. The number of H-pyrrole nitrogens is 1. The highest BCUT2D eigenvalue weighted by atomic mass is 16.5. The van der Waals surface area contributed by atoms with Crippen LogP contribution in [0.15, 0.2) is 30.3 Å². The Morgan fingerprint density at radius 2 is 1.76 bits per heavy atom. The number of ketones is 1. The van der Waals surface area contributed by atoms with Crippen molar-refractivity contribution in [1.82, 2.24) is 9.88 Å². The molecule has 1 fully saturated rings. The molecular formula is C25H31N3O6. The van der Waals surface area contributed by atoms with E-state index in [1.165, 1.54) is 6.92 Å². The third-order valence-corrected chi connectivity index (χ3v) is 5.97. The molecule has 0 spiro atoms. The molecule has 2 heterocycles. The second-order valence-corrected chi connectivity index (χ2v) is 8.35. The van der Waals surface area contributed by atoms with E-state index in [2.05, 4.69) is 10.3 Å². The van der Waals surface area contributed by atoms with E-state index in [0.29, 0.717) is 48.4 Å². The maximum absolute atomic E-state index is 12.9. The lowest BCUT2D eigenvalue weighted by atomic mass is 9.97. The van der Waals surface area contributed by atoms with Gasteiger partial charge < -0.3 is 24.7 Å². The molecular weight excluding hydrogens is 438 g/mol. The molecule has 9 heteroatoms. The molecule has 0 aliphatic carbocycles. The number of aryl methyl sites for hydroxylation is 1. The third kappa shape index (κ3) is 5.65. The second-order valence-electron chi connectivity index (χ2n) is 8.35. The number of rotatable bonds is 7. The van der Waals surface area contributed by atoms with Gasteiger partial charge in [-0.15, -0.1) is 0 Å². The molecule has 34 heavy (non-hydrogen) atoms. The van der Waals surface area contributed by atoms with Crippen LogP contribution in [-0.4, -0.2) is 59.4 Å². The van der Waals surface area contributed by atoms with E-state index in [4.69, 9.17) is 9.47 Å². The minimum absolute atomic E-state index is 0.212. The number of amides is 2. The smallest absolute Gasteiger partial charge is 0.340 e. The van der Waals surface area contributed by atoms with Gasteiger partial charge in [-0.05, 0) is 58.2 Å². The molecule has 182 valence electrons. The van der Waals surface area contributed by atoms with Gasteiger partial charge >= 0.3 is 18.0 Å². The van der Waals surface area contributed by atoms with Crippen molar-refractivity contribution < 1.29 is 28.7 Å². The first kappa shape index (κ1) is 25.0. The molecule has 0 radical (unpaired) electrons. The Morgan fingerprint density at radius 1 is 1.12 bits per heavy atom. The van der Waals surface area contributed by atoms with Gasteiger partial charge in [0.1, 0.15) is 0 Å². The number of anilines is 1. The molecule has 1 aromatic carbocycles. The van der Waals surface area contributed by atoms with Crippen LogP contribution in [0.25, 0.3) is 0 Å². The Balaban J connectivity index is 1.54. The molecule has 2 N–H and O–H groups in total. The van der Waals surface area contributed by atoms with Crippen molar-refractivity contribution in [3.63, 3.8) is 0 Å². The van der Waals surface area contributed by atoms with E-state index in [1.807, 2.05) is 30.3 Å². The third-order valence-electron chi connectivity index (χ3n) is 5.97. The Hall–Kier alpha value is -3.62. The number of nitrogens with one attached hydrogen (secondary N) is 2. The topological polar surface area (TPSA) is 118 Å². The van der Waals surface area contributed by atoms with Crippen LogP contribution in [0, 0.1) is 19.8 Å². The Labute approximate surface area is 198 Å². The SMILES string of the molecule is CCOC(=O)c1c(C)[nH]c(C(=O)[C@H](C)OC(=O)C2CCN(C(=O)Nc3ccccc3)CC2)c1C. The Morgan fingerprint density at radius 3 is 2.38 bits per heavy atom. The summed E-state index contributed by atoms with van der Waals surface area (Å²) in [4.78, 5) is 54.8. The number of aromatic amines is 1. The zero-order valence-electron chi connectivity index (χ0n) is 20.0. The normalized spacial score (nSPS) is 14.9. The van der Waals surface area contributed by atoms with Crippen LogP contribution in [0.4, 0.5) is 10.5 Å². The number of nitrogens with zero attached hydrogens (tertiary/aromatic N) is 1. The molecule has 1 saturated heterocycles. The van der Waals surface area contributed by atoms with Crippen LogP contribution in [0.2, 0.25) is 0 Å². The van der Waals surface area contributed by atoms with Crippen molar-refractivity contribution in [1.29, 1.82) is 0 Å². The van der Waals surface area contributed by atoms with Crippen molar-refractivity contribution >= 4 is 29.4 Å². The highest BCUT2D eigenvalue weighted by Crippen LogP contribution is 2.23. The summed E-state index contributed by atoms with van der Waals surface area (Å²) in [5, 5.41) is 2.84. The number of hydrogen-bond donors (Lipinski definition) is 2. The zero-order chi connectivity index (χ0) is 24.8. The fraction of sp³-hybridized carbons (Fsp3) is 0.440. The van der Waals surface area contributed by atoms with E-state index in [0.717, 1.165) is 0 Å². The fourth-order valence-corrected chi connectivity index (χ4v) is 4.08. The first-order valence-corrected chi connectivity index (χ1v) is 11.4. The monoisotopic (exact) mass is 469 g/mol. The van der Waals surface area contributed by atoms with Crippen molar-refractivity contribution in [2.24, 2.45) is 5.92 Å². The van der Waals surface area contributed by atoms with Gasteiger partial charge in [-0.2, -0.15) is 0 Å². The van der Waals surface area contributed by atoms with E-state index < -0.39 is 29.7 Å². The van der Waals surface area contributed by atoms with Crippen LogP contribution in [0.5, 0.6) is 0 Å². The number of para-hydroxylation sites is 1. The molecule has 1 aromatic heterocycles. The maximum Gasteiger partial charge on any atom is 0.340 e. The molecule has 0 unspecified atom stereocenters. The standard InChI is InChI=1S/C25H31N3O6/c1-5-33-24(31)20-15(2)21(26-16(20)3)22(29)17(4)34-23(30)18-11-13-28(14-12-18)25(32)27-19-9-7-6-8-10-19/h6-10,17-18,26H,5,11-14H2,1-4H3,(H,27,32)/t17-/m0/s1. The average Bonchev–Trinajstić information content (AvgIpc) is 3.13. The summed E-state index contributed by atoms with van der Waals surface area (Å²) in [5.41, 5.74) is 2.26. The quantitative estimate of drug-likeness (QED) is 0.470. The summed E-state index contributed by atoms with van der Waals surface area (Å²) in [7, 11) is 0. The lowest BCUT2D eigenvalue weighted by Crippen LogP contribution is -2.43. The number of carbonyl (C=O) groups excluding carboxylic acids is 4. The van der Waals surface area contributed by atoms with Crippen LogP contribution in [0.1, 0.15) is 58.8 Å². The van der Waals surface area contributed by atoms with Gasteiger partial charge in [0, 0.05) is 24.5 Å². The minimum Gasteiger partial charge on any atom is -0.462 e. The highest BCUT2D eigenvalue weighted by Gasteiger charge is 2.32. The van der Waals surface area contributed by atoms with E-state index in [1.54, 1.807) is 25.7 Å². The predicted octanol–water partition coefficient (Wildman–Crippen LogP) is 3.87. The van der Waals surface area contributed by atoms with Crippen LogP contribution < -0.4 is 5.32 Å². The van der Waals surface area contributed by atoms with Crippen molar-refractivity contribution in [2.45, 2.75) is 46.6 Å². The molecule has 1 aliphatic heterocycles. The first-order chi connectivity index (χ1) is 16.2. The van der Waals surface area contributed by atoms with Gasteiger partial charge in [0.25, 0.3) is 0 Å². The number of Topliss-reactive ketones (excluding diaryl/α,β-unsaturated/α-hetero) is 1. The van der Waals surface area contributed by atoms with Crippen molar-refractivity contribution in [2.75, 3.05) is 25.0 Å². The number of hydrogen-bond acceptors (Lipinski definition) is 6. The van der Waals surface area contributed by atoms with Gasteiger partial charge in [0.2, 0.25) is 5.78 Å². The molecule has 2 amide bonds. The summed E-state index contributed by atoms with van der Waals surface area (Å²) >= 11 is 0. The van der Waals surface area contributed by atoms with Gasteiger partial charge in [-0.3, -0.25) is 9.59 Å². The summed E-state index contributed by atoms with van der Waals surface area (Å²) in [6, 6.07) is 8.96. The molecule has 0 saturated carbocycles. The maximum atomic E-state index is 12.9. The number of piperidine rings is 1. The lowest BCUT2D eigenvalue weighted by Gasteiger charge is -2.31. The number of esters is 2. The molecule has 1 atom stereocenters. The largest absolute Gasteiger partial charge is 0.462 e. The number of carbonyl (C=O) groups is 4. The fourth-order valence-electron chi connectivity index (χ4n) is 4.08. The average molecular weight is 470 g/mol. The van der Waals surface area contributed by atoms with Gasteiger partial charge in [0.15, 0.2) is 6.10 Å². The number of likely N-dealkylation sites (tertiary alicyclic amines) is 1. The highest BCUT2D eigenvalue weighted by molar-refractivity contribution is 6.04. The number of benzene rings is 1. The van der Waals surface area contributed by atoms with Crippen LogP contribution in [-0.2, 0) is 14.3 Å². The minimum atomic E-state index is -1.02. The van der Waals surface area contributed by atoms with Gasteiger partial charge in [-0.1, -0.05) is 18.2 Å². The molecule has 1 aliphatic rings. The van der Waals surface area contributed by atoms with Crippen LogP contribution >= 0.6 is 0 Å². The van der Waals surface area contributed by atoms with Crippen LogP contribution in [0.3, 0.4) is 0 Å². The van der Waals surface area contributed by atoms with E-state index in [-0.39, 0.29) is 18.3 Å². The summed E-state index contributed by atoms with van der Waals surface area (Å²) < 4.78 is 10.5. The summed E-state index contributed by atoms with van der Waals surface area (Å²) in [6.07, 6.45) is -0.107. The zero-order valence-corrected chi connectivity index (χ0v) is 20.0. The van der Waals surface area contributed by atoms with Gasteiger partial charge in [-0.25, -0.2) is 9.59 Å². The molecule has 2 aromatic rings. The Kier molecular flexibility index (Phi) is 8.09.